The molecule has 0 amide bonds. The molecule has 1 aromatic carbocycles. The highest BCUT2D eigenvalue weighted by Crippen LogP contribution is 2.35. The van der Waals surface area contributed by atoms with Crippen LogP contribution in [0, 0.1) is 17.2 Å². The van der Waals surface area contributed by atoms with Gasteiger partial charge in [0.1, 0.15) is 12.4 Å². The van der Waals surface area contributed by atoms with Crippen LogP contribution in [0.3, 0.4) is 0 Å². The maximum Gasteiger partial charge on any atom is 0.120 e. The predicted octanol–water partition coefficient (Wildman–Crippen LogP) is 3.59. The van der Waals surface area contributed by atoms with E-state index in [-0.39, 0.29) is 0 Å². The maximum atomic E-state index is 8.90. The van der Waals surface area contributed by atoms with Crippen LogP contribution in [0.25, 0.3) is 0 Å². The van der Waals surface area contributed by atoms with Gasteiger partial charge in [-0.25, -0.2) is 0 Å². The highest BCUT2D eigenvalue weighted by Gasteiger charge is 2.32. The number of rotatable bonds is 5. The summed E-state index contributed by atoms with van der Waals surface area (Å²) >= 11 is 0. The summed E-state index contributed by atoms with van der Waals surface area (Å²) in [5.74, 6) is 1.74. The molecule has 0 bridgehead atoms. The van der Waals surface area contributed by atoms with Gasteiger partial charge >= 0.3 is 0 Å². The zero-order valence-corrected chi connectivity index (χ0v) is 12.6. The number of ether oxygens (including phenoxy) is 1. The van der Waals surface area contributed by atoms with E-state index >= 15 is 0 Å². The van der Waals surface area contributed by atoms with Crippen molar-refractivity contribution in [1.29, 1.82) is 5.26 Å². The lowest BCUT2D eigenvalue weighted by atomic mass is 9.96. The molecule has 3 heteroatoms. The molecule has 0 radical (unpaired) electrons. The van der Waals surface area contributed by atoms with E-state index in [9.17, 15) is 0 Å². The molecule has 3 nitrogen and oxygen atoms in total. The third kappa shape index (κ3) is 3.57. The summed E-state index contributed by atoms with van der Waals surface area (Å²) in [4.78, 5) is 2.63. The van der Waals surface area contributed by atoms with Gasteiger partial charge in [-0.2, -0.15) is 5.26 Å². The highest BCUT2D eigenvalue weighted by atomic mass is 16.5. The van der Waals surface area contributed by atoms with E-state index in [1.54, 1.807) is 0 Å². The number of nitriles is 1. The third-order valence-corrected chi connectivity index (χ3v) is 4.97. The Morgan fingerprint density at radius 2 is 2.05 bits per heavy atom. The zero-order chi connectivity index (χ0) is 14.5. The molecule has 0 spiro atoms. The van der Waals surface area contributed by atoms with Crippen molar-refractivity contribution in [1.82, 2.24) is 4.90 Å². The zero-order valence-electron chi connectivity index (χ0n) is 12.6. The lowest BCUT2D eigenvalue weighted by Gasteiger charge is -2.29. The van der Waals surface area contributed by atoms with Gasteiger partial charge in [-0.15, -0.1) is 0 Å². The highest BCUT2D eigenvalue weighted by molar-refractivity contribution is 5.36. The van der Waals surface area contributed by atoms with Gasteiger partial charge in [-0.05, 0) is 56.3 Å². The maximum absolute atomic E-state index is 8.90. The molecule has 1 saturated heterocycles. The van der Waals surface area contributed by atoms with Gasteiger partial charge in [0.05, 0.1) is 11.6 Å². The lowest BCUT2D eigenvalue weighted by molar-refractivity contribution is 0.158. The van der Waals surface area contributed by atoms with Crippen molar-refractivity contribution in [3.8, 4) is 11.8 Å². The van der Waals surface area contributed by atoms with Crippen LogP contribution < -0.4 is 4.74 Å². The third-order valence-electron chi connectivity index (χ3n) is 4.97. The minimum Gasteiger partial charge on any atom is -0.492 e. The van der Waals surface area contributed by atoms with Crippen molar-refractivity contribution in [2.45, 2.75) is 44.6 Å². The minimum absolute atomic E-state index is 0.664. The van der Waals surface area contributed by atoms with Gasteiger partial charge in [0.2, 0.25) is 0 Å². The van der Waals surface area contributed by atoms with Crippen molar-refractivity contribution < 1.29 is 4.74 Å². The predicted molar refractivity (Wildman–Crippen MR) is 83.2 cm³/mol. The van der Waals surface area contributed by atoms with Crippen molar-refractivity contribution in [3.63, 3.8) is 0 Å². The van der Waals surface area contributed by atoms with Crippen LogP contribution in [-0.4, -0.2) is 30.6 Å². The number of likely N-dealkylation sites (tertiary alicyclic amines) is 1. The lowest BCUT2D eigenvalue weighted by Crippen LogP contribution is -2.37. The Morgan fingerprint density at radius 1 is 1.19 bits per heavy atom. The van der Waals surface area contributed by atoms with Gasteiger partial charge in [-0.1, -0.05) is 18.9 Å². The van der Waals surface area contributed by atoms with E-state index in [4.69, 9.17) is 10.00 Å². The van der Waals surface area contributed by atoms with Crippen LogP contribution in [0.15, 0.2) is 24.3 Å². The first-order chi connectivity index (χ1) is 10.4. The first-order valence-electron chi connectivity index (χ1n) is 8.24. The summed E-state index contributed by atoms with van der Waals surface area (Å²) in [6.07, 6.45) is 8.40. The van der Waals surface area contributed by atoms with E-state index in [0.29, 0.717) is 5.56 Å². The first kappa shape index (κ1) is 14.4. The second-order valence-electron chi connectivity index (χ2n) is 6.28. The van der Waals surface area contributed by atoms with Gasteiger partial charge < -0.3 is 4.74 Å². The summed E-state index contributed by atoms with van der Waals surface area (Å²) in [7, 11) is 0. The number of benzene rings is 1. The van der Waals surface area contributed by atoms with Crippen molar-refractivity contribution >= 4 is 0 Å². The molecule has 112 valence electrons. The molecule has 0 aromatic heterocycles. The first-order valence-corrected chi connectivity index (χ1v) is 8.24. The Hall–Kier alpha value is -1.53. The average Bonchev–Trinajstić information content (AvgIpc) is 3.18. The average molecular weight is 284 g/mol. The molecule has 1 saturated carbocycles. The number of hydrogen-bond donors (Lipinski definition) is 0. The Kier molecular flexibility index (Phi) is 4.77. The number of nitrogens with zero attached hydrogens (tertiary/aromatic N) is 2. The van der Waals surface area contributed by atoms with Crippen LogP contribution in [0.2, 0.25) is 0 Å². The minimum atomic E-state index is 0.664. The Bertz CT molecular complexity index is 502. The van der Waals surface area contributed by atoms with Crippen LogP contribution in [-0.2, 0) is 0 Å². The summed E-state index contributed by atoms with van der Waals surface area (Å²) in [6, 6.07) is 10.4. The van der Waals surface area contributed by atoms with Crippen LogP contribution >= 0.6 is 0 Å². The van der Waals surface area contributed by atoms with Gasteiger partial charge in [0.25, 0.3) is 0 Å². The van der Waals surface area contributed by atoms with E-state index in [0.717, 1.165) is 30.9 Å². The second kappa shape index (κ2) is 6.95. The van der Waals surface area contributed by atoms with Gasteiger partial charge in [0, 0.05) is 12.6 Å². The van der Waals surface area contributed by atoms with Crippen LogP contribution in [0.4, 0.5) is 0 Å². The summed E-state index contributed by atoms with van der Waals surface area (Å²) < 4.78 is 5.83. The summed E-state index contributed by atoms with van der Waals surface area (Å²) in [5, 5.41) is 8.90. The van der Waals surface area contributed by atoms with E-state index < -0.39 is 0 Å². The molecule has 1 aliphatic carbocycles. The van der Waals surface area contributed by atoms with Crippen LogP contribution in [0.1, 0.15) is 44.1 Å². The van der Waals surface area contributed by atoms with Crippen molar-refractivity contribution in [2.24, 2.45) is 5.92 Å². The Labute approximate surface area is 127 Å². The molecule has 1 aromatic rings. The SMILES string of the molecule is N#Cc1cccc(OCCN2CCCC2C2CCCC2)c1. The fourth-order valence-electron chi connectivity index (χ4n) is 3.94. The molecule has 2 aliphatic rings. The molecule has 1 unspecified atom stereocenters. The van der Waals surface area contributed by atoms with Crippen molar-refractivity contribution in [3.05, 3.63) is 29.8 Å². The monoisotopic (exact) mass is 284 g/mol. The fourth-order valence-corrected chi connectivity index (χ4v) is 3.94. The molecule has 2 fully saturated rings. The number of hydrogen-bond acceptors (Lipinski definition) is 3. The van der Waals surface area contributed by atoms with E-state index in [2.05, 4.69) is 11.0 Å². The normalized spacial score (nSPS) is 23.3. The molecule has 1 atom stereocenters. The topological polar surface area (TPSA) is 36.3 Å². The van der Waals surface area contributed by atoms with Crippen LogP contribution in [0.5, 0.6) is 5.75 Å². The Balaban J connectivity index is 1.49. The van der Waals surface area contributed by atoms with E-state index in [1.807, 2.05) is 24.3 Å². The molecule has 1 heterocycles. The molecule has 0 N–H and O–H groups in total. The molecule has 3 rings (SSSR count). The van der Waals surface area contributed by atoms with Gasteiger partial charge in [0.15, 0.2) is 0 Å². The summed E-state index contributed by atoms with van der Waals surface area (Å²) in [5.41, 5.74) is 0.664. The fraction of sp³-hybridized carbons (Fsp3) is 0.611. The standard InChI is InChI=1S/C18H24N2O/c19-14-15-5-3-8-17(13-15)21-12-11-20-10-4-9-18(20)16-6-1-2-7-16/h3,5,8,13,16,18H,1-2,4,6-7,9-12H2. The largest absolute Gasteiger partial charge is 0.492 e. The van der Waals surface area contributed by atoms with Crippen molar-refractivity contribution in [2.75, 3.05) is 19.7 Å². The quantitative estimate of drug-likeness (QED) is 0.829. The molecular weight excluding hydrogens is 260 g/mol. The molecular formula is C18H24N2O. The smallest absolute Gasteiger partial charge is 0.120 e. The van der Waals surface area contributed by atoms with Gasteiger partial charge in [-0.3, -0.25) is 4.90 Å². The summed E-state index contributed by atoms with van der Waals surface area (Å²) in [6.45, 7) is 2.96. The van der Waals surface area contributed by atoms with E-state index in [1.165, 1.54) is 45.1 Å². The second-order valence-corrected chi connectivity index (χ2v) is 6.28. The molecule has 1 aliphatic heterocycles. The molecule has 21 heavy (non-hydrogen) atoms. The Morgan fingerprint density at radius 3 is 2.86 bits per heavy atom.